The van der Waals surface area contributed by atoms with Crippen LogP contribution < -0.4 is 10.2 Å². The molecule has 0 saturated carbocycles. The van der Waals surface area contributed by atoms with Gasteiger partial charge in [-0.15, -0.1) is 0 Å². The van der Waals surface area contributed by atoms with Crippen molar-refractivity contribution in [1.82, 2.24) is 15.3 Å². The lowest BCUT2D eigenvalue weighted by molar-refractivity contribution is 0.0948. The zero-order chi connectivity index (χ0) is 20.6. The average molecular weight is 471 g/mol. The van der Waals surface area contributed by atoms with Crippen LogP contribution in [0.25, 0.3) is 0 Å². The Bertz CT molecular complexity index is 944. The number of benzene rings is 1. The third-order valence-electron chi connectivity index (χ3n) is 4.40. The van der Waals surface area contributed by atoms with Gasteiger partial charge in [0, 0.05) is 41.4 Å². The Morgan fingerprint density at radius 2 is 1.83 bits per heavy atom. The Balaban J connectivity index is 1.66. The summed E-state index contributed by atoms with van der Waals surface area (Å²) in [6, 6.07) is 15.4. The van der Waals surface area contributed by atoms with Crippen molar-refractivity contribution < 1.29 is 4.79 Å². The van der Waals surface area contributed by atoms with Crippen LogP contribution in [0, 0.1) is 0 Å². The van der Waals surface area contributed by atoms with Crippen molar-refractivity contribution in [3.8, 4) is 0 Å². The van der Waals surface area contributed by atoms with Crippen LogP contribution in [0.3, 0.4) is 0 Å². The summed E-state index contributed by atoms with van der Waals surface area (Å²) >= 11 is 4.86. The predicted octanol–water partition coefficient (Wildman–Crippen LogP) is 5.17. The average Bonchev–Trinajstić information content (AvgIpc) is 2.76. The van der Waals surface area contributed by atoms with Crippen LogP contribution >= 0.6 is 27.7 Å². The van der Waals surface area contributed by atoms with Gasteiger partial charge in [-0.3, -0.25) is 4.79 Å². The second kappa shape index (κ2) is 10.4. The summed E-state index contributed by atoms with van der Waals surface area (Å²) in [4.78, 5) is 24.7. The minimum atomic E-state index is -0.113. The molecule has 1 amide bonds. The molecule has 0 aliphatic rings. The quantitative estimate of drug-likeness (QED) is 0.492. The largest absolute Gasteiger partial charge is 0.357 e. The first-order valence-corrected chi connectivity index (χ1v) is 11.1. The molecule has 2 heterocycles. The molecule has 0 spiro atoms. The first kappa shape index (κ1) is 21.3. The highest BCUT2D eigenvalue weighted by Crippen LogP contribution is 2.29. The van der Waals surface area contributed by atoms with Gasteiger partial charge < -0.3 is 10.2 Å². The van der Waals surface area contributed by atoms with Gasteiger partial charge in [-0.1, -0.05) is 30.0 Å². The van der Waals surface area contributed by atoms with Crippen LogP contribution in [0.4, 0.5) is 5.82 Å². The van der Waals surface area contributed by atoms with E-state index in [1.807, 2.05) is 54.7 Å². The molecule has 3 aromatic rings. The lowest BCUT2D eigenvalue weighted by atomic mass is 10.2. The molecule has 0 aliphatic carbocycles. The number of anilines is 1. The van der Waals surface area contributed by atoms with E-state index >= 15 is 0 Å². The van der Waals surface area contributed by atoms with Gasteiger partial charge in [0.2, 0.25) is 0 Å². The van der Waals surface area contributed by atoms with E-state index < -0.39 is 0 Å². The predicted molar refractivity (Wildman–Crippen MR) is 121 cm³/mol. The standard InChI is InChI=1S/C22H23BrN4OS/c1-3-27(4-2)20-11-9-16(13-24-20)14-26-22(28)18-7-5-6-8-19(18)29-21-12-10-17(23)15-25-21/h5-13,15H,3-4,14H2,1-2H3,(H,26,28). The molecule has 7 heteroatoms. The number of hydrogen-bond donors (Lipinski definition) is 1. The summed E-state index contributed by atoms with van der Waals surface area (Å²) in [5.74, 6) is 0.840. The Labute approximate surface area is 184 Å². The van der Waals surface area contributed by atoms with Gasteiger partial charge in [0.25, 0.3) is 5.91 Å². The van der Waals surface area contributed by atoms with Crippen molar-refractivity contribution in [1.29, 1.82) is 0 Å². The normalized spacial score (nSPS) is 10.6. The summed E-state index contributed by atoms with van der Waals surface area (Å²) in [6.07, 6.45) is 3.57. The molecule has 29 heavy (non-hydrogen) atoms. The van der Waals surface area contributed by atoms with Crippen LogP contribution in [-0.4, -0.2) is 29.0 Å². The third-order valence-corrected chi connectivity index (χ3v) is 5.89. The van der Waals surface area contributed by atoms with Crippen molar-refractivity contribution in [2.75, 3.05) is 18.0 Å². The maximum Gasteiger partial charge on any atom is 0.252 e. The van der Waals surface area contributed by atoms with E-state index in [2.05, 4.69) is 50.0 Å². The smallest absolute Gasteiger partial charge is 0.252 e. The van der Waals surface area contributed by atoms with Crippen molar-refractivity contribution in [3.63, 3.8) is 0 Å². The Hall–Kier alpha value is -2.38. The molecule has 0 unspecified atom stereocenters. The SMILES string of the molecule is CCN(CC)c1ccc(CNC(=O)c2ccccc2Sc2ccc(Br)cn2)cn1. The summed E-state index contributed by atoms with van der Waals surface area (Å²) in [6.45, 7) is 6.49. The lowest BCUT2D eigenvalue weighted by Crippen LogP contribution is -2.24. The zero-order valence-corrected chi connectivity index (χ0v) is 18.8. The molecular weight excluding hydrogens is 448 g/mol. The van der Waals surface area contributed by atoms with E-state index in [1.165, 1.54) is 11.8 Å². The highest BCUT2D eigenvalue weighted by Gasteiger charge is 2.12. The number of aromatic nitrogens is 2. The van der Waals surface area contributed by atoms with Crippen molar-refractivity contribution in [2.45, 2.75) is 30.3 Å². The van der Waals surface area contributed by atoms with Crippen molar-refractivity contribution in [3.05, 3.63) is 76.5 Å². The number of pyridine rings is 2. The van der Waals surface area contributed by atoms with E-state index in [0.29, 0.717) is 12.1 Å². The number of carbonyl (C=O) groups excluding carboxylic acids is 1. The van der Waals surface area contributed by atoms with Crippen LogP contribution in [-0.2, 0) is 6.54 Å². The molecule has 2 aromatic heterocycles. The number of nitrogens with zero attached hydrogens (tertiary/aromatic N) is 3. The van der Waals surface area contributed by atoms with Crippen LogP contribution in [0.2, 0.25) is 0 Å². The second-order valence-corrected chi connectivity index (χ2v) is 8.27. The van der Waals surface area contributed by atoms with Gasteiger partial charge in [0.05, 0.1) is 5.56 Å². The molecular formula is C22H23BrN4OS. The number of hydrogen-bond acceptors (Lipinski definition) is 5. The molecule has 0 bridgehead atoms. The molecule has 0 aliphatic heterocycles. The third kappa shape index (κ3) is 5.81. The summed E-state index contributed by atoms with van der Waals surface area (Å²) in [7, 11) is 0. The molecule has 0 atom stereocenters. The zero-order valence-electron chi connectivity index (χ0n) is 16.4. The number of amides is 1. The molecule has 1 N–H and O–H groups in total. The van der Waals surface area contributed by atoms with Gasteiger partial charge in [0.15, 0.2) is 0 Å². The van der Waals surface area contributed by atoms with Crippen LogP contribution in [0.1, 0.15) is 29.8 Å². The van der Waals surface area contributed by atoms with Gasteiger partial charge in [-0.05, 0) is 65.7 Å². The van der Waals surface area contributed by atoms with E-state index in [-0.39, 0.29) is 5.91 Å². The minimum Gasteiger partial charge on any atom is -0.357 e. The van der Waals surface area contributed by atoms with Crippen LogP contribution in [0.15, 0.2) is 75.3 Å². The fraction of sp³-hybridized carbons (Fsp3) is 0.227. The first-order chi connectivity index (χ1) is 14.1. The highest BCUT2D eigenvalue weighted by atomic mass is 79.9. The minimum absolute atomic E-state index is 0.113. The Kier molecular flexibility index (Phi) is 7.66. The van der Waals surface area contributed by atoms with E-state index in [4.69, 9.17) is 0 Å². The topological polar surface area (TPSA) is 58.1 Å². The van der Waals surface area contributed by atoms with Gasteiger partial charge in [-0.2, -0.15) is 0 Å². The molecule has 5 nitrogen and oxygen atoms in total. The fourth-order valence-electron chi connectivity index (χ4n) is 2.81. The monoisotopic (exact) mass is 470 g/mol. The Morgan fingerprint density at radius 1 is 1.03 bits per heavy atom. The van der Waals surface area contributed by atoms with E-state index in [9.17, 15) is 4.79 Å². The van der Waals surface area contributed by atoms with Crippen LogP contribution in [0.5, 0.6) is 0 Å². The fourth-order valence-corrected chi connectivity index (χ4v) is 3.93. The Morgan fingerprint density at radius 3 is 2.48 bits per heavy atom. The summed E-state index contributed by atoms with van der Waals surface area (Å²) < 4.78 is 0.925. The first-order valence-electron chi connectivity index (χ1n) is 9.47. The highest BCUT2D eigenvalue weighted by molar-refractivity contribution is 9.10. The van der Waals surface area contributed by atoms with E-state index in [1.54, 1.807) is 6.20 Å². The molecule has 0 fully saturated rings. The van der Waals surface area contributed by atoms with Gasteiger partial charge in [0.1, 0.15) is 10.8 Å². The molecule has 150 valence electrons. The molecule has 3 rings (SSSR count). The number of rotatable bonds is 8. The van der Waals surface area contributed by atoms with E-state index in [0.717, 1.165) is 38.9 Å². The lowest BCUT2D eigenvalue weighted by Gasteiger charge is -2.19. The van der Waals surface area contributed by atoms with Gasteiger partial charge >= 0.3 is 0 Å². The number of carbonyl (C=O) groups is 1. The number of halogens is 1. The van der Waals surface area contributed by atoms with Gasteiger partial charge in [-0.25, -0.2) is 9.97 Å². The summed E-state index contributed by atoms with van der Waals surface area (Å²) in [5.41, 5.74) is 1.60. The van der Waals surface area contributed by atoms with Crippen molar-refractivity contribution in [2.24, 2.45) is 0 Å². The second-order valence-electron chi connectivity index (χ2n) is 6.29. The molecule has 1 aromatic carbocycles. The maximum absolute atomic E-state index is 12.8. The maximum atomic E-state index is 12.8. The number of nitrogens with one attached hydrogen (secondary N) is 1. The van der Waals surface area contributed by atoms with Crippen molar-refractivity contribution >= 4 is 39.4 Å². The molecule has 0 saturated heterocycles. The summed E-state index contributed by atoms with van der Waals surface area (Å²) in [5, 5.41) is 3.83. The molecule has 0 radical (unpaired) electrons.